The molecular formula is C18H19NO. The summed E-state index contributed by atoms with van der Waals surface area (Å²) < 4.78 is 0. The molecular weight excluding hydrogens is 246 g/mol. The van der Waals surface area contributed by atoms with Crippen LogP contribution < -0.4 is 5.32 Å². The summed E-state index contributed by atoms with van der Waals surface area (Å²) in [6, 6.07) is 14.0. The summed E-state index contributed by atoms with van der Waals surface area (Å²) in [6.07, 6.45) is 3.39. The number of para-hydroxylation sites is 1. The molecule has 0 unspecified atom stereocenters. The Labute approximate surface area is 120 Å². The number of rotatable bonds is 3. The van der Waals surface area contributed by atoms with Gasteiger partial charge in [-0.2, -0.15) is 0 Å². The molecule has 2 nitrogen and oxygen atoms in total. The van der Waals surface area contributed by atoms with Crippen molar-refractivity contribution in [3.8, 4) is 0 Å². The Kier molecular flexibility index (Phi) is 4.36. The molecule has 20 heavy (non-hydrogen) atoms. The van der Waals surface area contributed by atoms with Crippen molar-refractivity contribution in [1.29, 1.82) is 0 Å². The fraction of sp³-hybridized carbons (Fsp3) is 0.167. The molecule has 0 aromatic heterocycles. The van der Waals surface area contributed by atoms with Crippen LogP contribution in [0.3, 0.4) is 0 Å². The van der Waals surface area contributed by atoms with Gasteiger partial charge in [-0.05, 0) is 43.5 Å². The zero-order chi connectivity index (χ0) is 14.5. The molecule has 2 heteroatoms. The molecule has 0 aliphatic rings. The highest BCUT2D eigenvalue weighted by atomic mass is 16.1. The molecule has 0 aliphatic carbocycles. The molecule has 2 aromatic carbocycles. The number of amides is 1. The highest BCUT2D eigenvalue weighted by Crippen LogP contribution is 2.19. The first-order valence-corrected chi connectivity index (χ1v) is 6.68. The second-order valence-corrected chi connectivity index (χ2v) is 5.00. The predicted molar refractivity (Wildman–Crippen MR) is 84.8 cm³/mol. The molecule has 1 amide bonds. The van der Waals surface area contributed by atoms with E-state index < -0.39 is 0 Å². The summed E-state index contributed by atoms with van der Waals surface area (Å²) in [4.78, 5) is 12.0. The number of benzene rings is 2. The Morgan fingerprint density at radius 1 is 0.950 bits per heavy atom. The molecule has 0 heterocycles. The van der Waals surface area contributed by atoms with Crippen molar-refractivity contribution in [2.24, 2.45) is 0 Å². The van der Waals surface area contributed by atoms with E-state index >= 15 is 0 Å². The summed E-state index contributed by atoms with van der Waals surface area (Å²) in [5.74, 6) is -0.108. The van der Waals surface area contributed by atoms with Crippen molar-refractivity contribution < 1.29 is 4.79 Å². The third-order valence-electron chi connectivity index (χ3n) is 3.23. The lowest BCUT2D eigenvalue weighted by Crippen LogP contribution is -2.10. The van der Waals surface area contributed by atoms with Gasteiger partial charge in [0.05, 0.1) is 0 Å². The highest BCUT2D eigenvalue weighted by molar-refractivity contribution is 6.02. The van der Waals surface area contributed by atoms with Crippen LogP contribution >= 0.6 is 0 Å². The Balaban J connectivity index is 2.07. The third-order valence-corrected chi connectivity index (χ3v) is 3.23. The number of carbonyl (C=O) groups excluding carboxylic acids is 1. The maximum Gasteiger partial charge on any atom is 0.248 e. The second-order valence-electron chi connectivity index (χ2n) is 5.00. The van der Waals surface area contributed by atoms with Crippen molar-refractivity contribution in [2.45, 2.75) is 20.8 Å². The van der Waals surface area contributed by atoms with Crippen molar-refractivity contribution in [2.75, 3.05) is 5.32 Å². The van der Waals surface area contributed by atoms with Crippen LogP contribution in [0.4, 0.5) is 5.69 Å². The van der Waals surface area contributed by atoms with Gasteiger partial charge in [-0.15, -0.1) is 0 Å². The summed E-state index contributed by atoms with van der Waals surface area (Å²) >= 11 is 0. The number of hydrogen-bond acceptors (Lipinski definition) is 1. The lowest BCUT2D eigenvalue weighted by molar-refractivity contribution is -0.111. The first-order valence-electron chi connectivity index (χ1n) is 6.68. The Morgan fingerprint density at radius 3 is 2.15 bits per heavy atom. The molecule has 0 radical (unpaired) electrons. The van der Waals surface area contributed by atoms with Crippen LogP contribution in [0.5, 0.6) is 0 Å². The predicted octanol–water partition coefficient (Wildman–Crippen LogP) is 4.26. The summed E-state index contributed by atoms with van der Waals surface area (Å²) in [5, 5.41) is 2.93. The average molecular weight is 265 g/mol. The van der Waals surface area contributed by atoms with Gasteiger partial charge >= 0.3 is 0 Å². The minimum atomic E-state index is -0.108. The van der Waals surface area contributed by atoms with Gasteiger partial charge in [-0.3, -0.25) is 4.79 Å². The smallest absolute Gasteiger partial charge is 0.248 e. The van der Waals surface area contributed by atoms with Crippen LogP contribution in [0.1, 0.15) is 22.3 Å². The lowest BCUT2D eigenvalue weighted by Gasteiger charge is -2.09. The van der Waals surface area contributed by atoms with Gasteiger partial charge in [0.1, 0.15) is 0 Å². The van der Waals surface area contributed by atoms with Gasteiger partial charge in [-0.25, -0.2) is 0 Å². The molecule has 0 aliphatic heterocycles. The van der Waals surface area contributed by atoms with Crippen LogP contribution in [-0.2, 0) is 4.79 Å². The van der Waals surface area contributed by atoms with Gasteiger partial charge in [0.25, 0.3) is 0 Å². The maximum atomic E-state index is 12.0. The van der Waals surface area contributed by atoms with E-state index in [0.717, 1.165) is 22.4 Å². The fourth-order valence-corrected chi connectivity index (χ4v) is 2.03. The zero-order valence-electron chi connectivity index (χ0n) is 12.1. The largest absolute Gasteiger partial charge is 0.322 e. The summed E-state index contributed by atoms with van der Waals surface area (Å²) in [5.41, 5.74) is 5.27. The van der Waals surface area contributed by atoms with Gasteiger partial charge in [0, 0.05) is 11.8 Å². The van der Waals surface area contributed by atoms with Gasteiger partial charge in [-0.1, -0.05) is 48.0 Å². The van der Waals surface area contributed by atoms with Crippen molar-refractivity contribution in [1.82, 2.24) is 0 Å². The van der Waals surface area contributed by atoms with E-state index in [9.17, 15) is 4.79 Å². The zero-order valence-corrected chi connectivity index (χ0v) is 12.1. The van der Waals surface area contributed by atoms with Crippen LogP contribution in [0.2, 0.25) is 0 Å². The molecule has 0 bridgehead atoms. The quantitative estimate of drug-likeness (QED) is 0.825. The summed E-state index contributed by atoms with van der Waals surface area (Å²) in [7, 11) is 0. The first-order chi connectivity index (χ1) is 9.56. The molecule has 0 saturated heterocycles. The number of nitrogens with one attached hydrogen (secondary N) is 1. The normalized spacial score (nSPS) is 10.8. The molecule has 2 rings (SSSR count). The highest BCUT2D eigenvalue weighted by Gasteiger charge is 2.04. The monoisotopic (exact) mass is 265 g/mol. The molecule has 0 fully saturated rings. The lowest BCUT2D eigenvalue weighted by atomic mass is 10.1. The van der Waals surface area contributed by atoms with E-state index in [1.165, 1.54) is 5.56 Å². The molecule has 0 spiro atoms. The molecule has 0 atom stereocenters. The SMILES string of the molecule is Cc1ccc(/C=C/C(=O)Nc2c(C)cccc2C)cc1. The van der Waals surface area contributed by atoms with E-state index in [1.807, 2.05) is 69.3 Å². The standard InChI is InChI=1S/C18H19NO/c1-13-7-9-16(10-8-13)11-12-17(20)19-18-14(2)5-4-6-15(18)3/h4-12H,1-3H3,(H,19,20)/b12-11+. The average Bonchev–Trinajstić information content (AvgIpc) is 2.42. The Bertz CT molecular complexity index is 619. The second kappa shape index (κ2) is 6.20. The minimum Gasteiger partial charge on any atom is -0.322 e. The topological polar surface area (TPSA) is 29.1 Å². The Morgan fingerprint density at radius 2 is 1.55 bits per heavy atom. The Hall–Kier alpha value is -2.35. The van der Waals surface area contributed by atoms with Crippen LogP contribution in [0, 0.1) is 20.8 Å². The van der Waals surface area contributed by atoms with Gasteiger partial charge < -0.3 is 5.32 Å². The molecule has 2 aromatic rings. The van der Waals surface area contributed by atoms with Crippen LogP contribution in [0.15, 0.2) is 48.5 Å². The van der Waals surface area contributed by atoms with Crippen molar-refractivity contribution in [3.63, 3.8) is 0 Å². The maximum absolute atomic E-state index is 12.0. The summed E-state index contributed by atoms with van der Waals surface area (Å²) in [6.45, 7) is 6.03. The van der Waals surface area contributed by atoms with E-state index in [2.05, 4.69) is 5.32 Å². The van der Waals surface area contributed by atoms with E-state index in [0.29, 0.717) is 0 Å². The van der Waals surface area contributed by atoms with E-state index in [1.54, 1.807) is 6.08 Å². The fourth-order valence-electron chi connectivity index (χ4n) is 2.03. The van der Waals surface area contributed by atoms with Crippen LogP contribution in [-0.4, -0.2) is 5.91 Å². The van der Waals surface area contributed by atoms with E-state index in [-0.39, 0.29) is 5.91 Å². The van der Waals surface area contributed by atoms with Crippen molar-refractivity contribution in [3.05, 3.63) is 70.8 Å². The van der Waals surface area contributed by atoms with Crippen LogP contribution in [0.25, 0.3) is 6.08 Å². The van der Waals surface area contributed by atoms with Gasteiger partial charge in [0.15, 0.2) is 0 Å². The molecule has 102 valence electrons. The third kappa shape index (κ3) is 3.58. The van der Waals surface area contributed by atoms with E-state index in [4.69, 9.17) is 0 Å². The number of aryl methyl sites for hydroxylation is 3. The number of anilines is 1. The van der Waals surface area contributed by atoms with Gasteiger partial charge in [0.2, 0.25) is 5.91 Å². The molecule has 1 N–H and O–H groups in total. The number of hydrogen-bond donors (Lipinski definition) is 1. The minimum absolute atomic E-state index is 0.108. The first kappa shape index (κ1) is 14.1. The van der Waals surface area contributed by atoms with Crippen molar-refractivity contribution >= 4 is 17.7 Å². The number of carbonyl (C=O) groups is 1. The molecule has 0 saturated carbocycles.